The van der Waals surface area contributed by atoms with Gasteiger partial charge in [0.15, 0.2) is 0 Å². The summed E-state index contributed by atoms with van der Waals surface area (Å²) in [5.74, 6) is -0.634. The largest absolute Gasteiger partial charge is 0.478 e. The van der Waals surface area contributed by atoms with Crippen molar-refractivity contribution in [3.8, 4) is 0 Å². The lowest BCUT2D eigenvalue weighted by atomic mass is 10.1. The van der Waals surface area contributed by atoms with Gasteiger partial charge >= 0.3 is 5.97 Å². The summed E-state index contributed by atoms with van der Waals surface area (Å²) in [5, 5.41) is 12.1. The van der Waals surface area contributed by atoms with Crippen LogP contribution in [0, 0.1) is 0 Å². The number of carbonyl (C=O) groups is 1. The third-order valence-corrected chi connectivity index (χ3v) is 2.58. The highest BCUT2D eigenvalue weighted by Crippen LogP contribution is 2.19. The number of aromatic nitrogens is 2. The van der Waals surface area contributed by atoms with Gasteiger partial charge in [-0.2, -0.15) is 0 Å². The van der Waals surface area contributed by atoms with Gasteiger partial charge in [-0.25, -0.2) is 9.78 Å². The summed E-state index contributed by atoms with van der Waals surface area (Å²) in [7, 11) is 0. The van der Waals surface area contributed by atoms with Crippen molar-refractivity contribution in [1.82, 2.24) is 9.97 Å². The molecule has 5 nitrogen and oxygen atoms in total. The van der Waals surface area contributed by atoms with Gasteiger partial charge in [0.05, 0.1) is 6.04 Å². The van der Waals surface area contributed by atoms with Crippen molar-refractivity contribution in [2.24, 2.45) is 0 Å². The molecule has 0 amide bonds. The smallest absolute Gasteiger partial charge is 0.339 e. The van der Waals surface area contributed by atoms with E-state index in [0.29, 0.717) is 5.82 Å². The van der Waals surface area contributed by atoms with Gasteiger partial charge in [-0.15, -0.1) is 0 Å². The van der Waals surface area contributed by atoms with Crippen LogP contribution in [0.1, 0.15) is 28.9 Å². The minimum atomic E-state index is -0.996. The molecule has 0 aliphatic rings. The molecular formula is C13H13N3O2. The molecule has 18 heavy (non-hydrogen) atoms. The van der Waals surface area contributed by atoms with Gasteiger partial charge in [0.25, 0.3) is 0 Å². The molecule has 0 saturated carbocycles. The fourth-order valence-electron chi connectivity index (χ4n) is 1.61. The summed E-state index contributed by atoms with van der Waals surface area (Å²) < 4.78 is 0. The second-order valence-electron chi connectivity index (χ2n) is 3.86. The van der Waals surface area contributed by atoms with Crippen LogP contribution in [0.5, 0.6) is 0 Å². The Morgan fingerprint density at radius 1 is 1.33 bits per heavy atom. The van der Waals surface area contributed by atoms with Crippen LogP contribution in [0.25, 0.3) is 0 Å². The molecule has 0 radical (unpaired) electrons. The van der Waals surface area contributed by atoms with Gasteiger partial charge in [-0.3, -0.25) is 4.98 Å². The highest BCUT2D eigenvalue weighted by atomic mass is 16.4. The monoisotopic (exact) mass is 243 g/mol. The molecular weight excluding hydrogens is 230 g/mol. The maximum atomic E-state index is 11.0. The molecule has 0 bridgehead atoms. The van der Waals surface area contributed by atoms with Gasteiger partial charge in [-0.1, -0.05) is 6.07 Å². The molecule has 1 atom stereocenters. The summed E-state index contributed by atoms with van der Waals surface area (Å²) in [6, 6.07) is 6.82. The molecule has 0 fully saturated rings. The van der Waals surface area contributed by atoms with E-state index >= 15 is 0 Å². The Morgan fingerprint density at radius 3 is 2.78 bits per heavy atom. The highest BCUT2D eigenvalue weighted by Gasteiger charge is 2.13. The Balaban J connectivity index is 2.22. The first-order valence-corrected chi connectivity index (χ1v) is 5.53. The molecule has 0 aliphatic heterocycles. The molecule has 2 heterocycles. The number of rotatable bonds is 4. The molecule has 2 N–H and O–H groups in total. The summed E-state index contributed by atoms with van der Waals surface area (Å²) in [4.78, 5) is 19.1. The number of carboxylic acid groups (broad SMARTS) is 1. The van der Waals surface area contributed by atoms with E-state index in [1.54, 1.807) is 24.7 Å². The highest BCUT2D eigenvalue weighted by molar-refractivity contribution is 5.93. The van der Waals surface area contributed by atoms with E-state index in [2.05, 4.69) is 15.3 Å². The molecule has 2 aromatic rings. The third kappa shape index (κ3) is 2.63. The van der Waals surface area contributed by atoms with Gasteiger partial charge in [0.1, 0.15) is 11.4 Å². The minimum absolute atomic E-state index is 0.0632. The van der Waals surface area contributed by atoms with E-state index in [1.165, 1.54) is 6.07 Å². The Kier molecular flexibility index (Phi) is 3.52. The van der Waals surface area contributed by atoms with E-state index in [-0.39, 0.29) is 11.6 Å². The standard InChI is InChI=1S/C13H13N3O2/c1-9(10-4-2-6-14-8-10)16-12-11(13(17)18)5-3-7-15-12/h2-9H,1H3,(H,15,16)(H,17,18). The van der Waals surface area contributed by atoms with Crippen molar-refractivity contribution in [3.63, 3.8) is 0 Å². The van der Waals surface area contributed by atoms with Crippen LogP contribution >= 0.6 is 0 Å². The van der Waals surface area contributed by atoms with Crippen molar-refractivity contribution < 1.29 is 9.90 Å². The zero-order valence-electron chi connectivity index (χ0n) is 9.87. The van der Waals surface area contributed by atoms with Crippen LogP contribution in [0.15, 0.2) is 42.9 Å². The molecule has 2 rings (SSSR count). The molecule has 2 aromatic heterocycles. The van der Waals surface area contributed by atoms with Crippen molar-refractivity contribution in [2.45, 2.75) is 13.0 Å². The van der Waals surface area contributed by atoms with Gasteiger partial charge in [0, 0.05) is 18.6 Å². The van der Waals surface area contributed by atoms with Crippen LogP contribution in [0.2, 0.25) is 0 Å². The average Bonchev–Trinajstić information content (AvgIpc) is 2.40. The maximum absolute atomic E-state index is 11.0. The number of hydrogen-bond acceptors (Lipinski definition) is 4. The van der Waals surface area contributed by atoms with E-state index in [9.17, 15) is 4.79 Å². The van der Waals surface area contributed by atoms with Crippen LogP contribution < -0.4 is 5.32 Å². The van der Waals surface area contributed by atoms with Crippen molar-refractivity contribution in [1.29, 1.82) is 0 Å². The molecule has 5 heteroatoms. The van der Waals surface area contributed by atoms with Crippen LogP contribution in [-0.2, 0) is 0 Å². The fourth-order valence-corrected chi connectivity index (χ4v) is 1.61. The minimum Gasteiger partial charge on any atom is -0.478 e. The van der Waals surface area contributed by atoms with Crippen LogP contribution in [0.3, 0.4) is 0 Å². The normalized spacial score (nSPS) is 11.8. The number of aromatic carboxylic acids is 1. The van der Waals surface area contributed by atoms with Crippen LogP contribution in [0.4, 0.5) is 5.82 Å². The lowest BCUT2D eigenvalue weighted by Crippen LogP contribution is -2.12. The van der Waals surface area contributed by atoms with E-state index in [1.807, 2.05) is 19.1 Å². The number of anilines is 1. The average molecular weight is 243 g/mol. The van der Waals surface area contributed by atoms with E-state index in [4.69, 9.17) is 5.11 Å². The quantitative estimate of drug-likeness (QED) is 0.862. The molecule has 0 aliphatic carbocycles. The Labute approximate surface area is 105 Å². The Hall–Kier alpha value is -2.43. The summed E-state index contributed by atoms with van der Waals surface area (Å²) >= 11 is 0. The lowest BCUT2D eigenvalue weighted by molar-refractivity contribution is 0.0697. The molecule has 0 aromatic carbocycles. The Morgan fingerprint density at radius 2 is 2.11 bits per heavy atom. The zero-order valence-corrected chi connectivity index (χ0v) is 9.87. The topological polar surface area (TPSA) is 75.1 Å². The van der Waals surface area contributed by atoms with Gasteiger partial charge in [0.2, 0.25) is 0 Å². The summed E-state index contributed by atoms with van der Waals surface area (Å²) in [6.45, 7) is 1.93. The maximum Gasteiger partial charge on any atom is 0.339 e. The van der Waals surface area contributed by atoms with Crippen molar-refractivity contribution in [3.05, 3.63) is 54.0 Å². The first-order valence-electron chi connectivity index (χ1n) is 5.53. The third-order valence-electron chi connectivity index (χ3n) is 2.58. The van der Waals surface area contributed by atoms with Crippen molar-refractivity contribution >= 4 is 11.8 Å². The first-order chi connectivity index (χ1) is 8.68. The zero-order chi connectivity index (χ0) is 13.0. The lowest BCUT2D eigenvalue weighted by Gasteiger charge is -2.15. The fraction of sp³-hybridized carbons (Fsp3) is 0.154. The number of pyridine rings is 2. The van der Waals surface area contributed by atoms with Crippen molar-refractivity contribution in [2.75, 3.05) is 5.32 Å². The molecule has 0 spiro atoms. The van der Waals surface area contributed by atoms with Crippen LogP contribution in [-0.4, -0.2) is 21.0 Å². The second kappa shape index (κ2) is 5.27. The van der Waals surface area contributed by atoms with Gasteiger partial charge in [-0.05, 0) is 30.7 Å². The first kappa shape index (κ1) is 12.0. The number of hydrogen-bond donors (Lipinski definition) is 2. The predicted molar refractivity (Wildman–Crippen MR) is 67.5 cm³/mol. The number of nitrogens with zero attached hydrogens (tertiary/aromatic N) is 2. The van der Waals surface area contributed by atoms with Gasteiger partial charge < -0.3 is 10.4 Å². The summed E-state index contributed by atoms with van der Waals surface area (Å²) in [5.41, 5.74) is 1.13. The SMILES string of the molecule is CC(Nc1ncccc1C(=O)O)c1cccnc1. The number of nitrogens with one attached hydrogen (secondary N) is 1. The second-order valence-corrected chi connectivity index (χ2v) is 3.86. The molecule has 1 unspecified atom stereocenters. The molecule has 92 valence electrons. The number of carboxylic acids is 1. The summed E-state index contributed by atoms with van der Waals surface area (Å²) in [6.07, 6.45) is 4.99. The Bertz CT molecular complexity index is 543. The van der Waals surface area contributed by atoms with E-state index < -0.39 is 5.97 Å². The molecule has 0 saturated heterocycles. The predicted octanol–water partition coefficient (Wildman–Crippen LogP) is 2.35. The van der Waals surface area contributed by atoms with E-state index in [0.717, 1.165) is 5.56 Å².